The average Bonchev–Trinajstić information content (AvgIpc) is 3.12. The molecule has 0 atom stereocenters. The van der Waals surface area contributed by atoms with E-state index in [0.717, 1.165) is 36.7 Å². The maximum absolute atomic E-state index is 5.57. The molecule has 0 saturated carbocycles. The zero-order chi connectivity index (χ0) is 31.2. The first-order chi connectivity index (χ1) is 22.7. The van der Waals surface area contributed by atoms with Crippen LogP contribution in [0, 0.1) is 5.41 Å². The molecule has 1 aliphatic rings. The summed E-state index contributed by atoms with van der Waals surface area (Å²) in [5, 5.41) is 0. The number of para-hydroxylation sites is 2. The molecule has 3 heteroatoms. The number of nitrogens with zero attached hydrogens (tertiary/aromatic N) is 2. The van der Waals surface area contributed by atoms with Gasteiger partial charge in [0.1, 0.15) is 0 Å². The lowest BCUT2D eigenvalue weighted by Crippen LogP contribution is -2.47. The fraction of sp³-hybridized carbons (Fsp3) is 0.116. The normalized spacial score (nSPS) is 13.3. The summed E-state index contributed by atoms with van der Waals surface area (Å²) in [4.78, 5) is 4.70. The molecule has 0 aliphatic carbocycles. The molecule has 0 radical (unpaired) electrons. The van der Waals surface area contributed by atoms with Gasteiger partial charge in [0, 0.05) is 46.5 Å². The van der Waals surface area contributed by atoms with Crippen molar-refractivity contribution in [3.8, 4) is 11.1 Å². The van der Waals surface area contributed by atoms with E-state index in [-0.39, 0.29) is 5.41 Å². The Morgan fingerprint density at radius 2 is 0.913 bits per heavy atom. The highest BCUT2D eigenvalue weighted by atomic mass is 16.5. The van der Waals surface area contributed by atoms with Crippen LogP contribution in [0.15, 0.2) is 176 Å². The van der Waals surface area contributed by atoms with E-state index in [4.69, 9.17) is 4.74 Å². The molecule has 0 bridgehead atoms. The van der Waals surface area contributed by atoms with E-state index < -0.39 is 0 Å². The second kappa shape index (κ2) is 13.3. The predicted octanol–water partition coefficient (Wildman–Crippen LogP) is 10.8. The first-order valence-electron chi connectivity index (χ1n) is 15.9. The van der Waals surface area contributed by atoms with Crippen molar-refractivity contribution in [1.29, 1.82) is 0 Å². The summed E-state index contributed by atoms with van der Waals surface area (Å²) in [5.74, 6) is 0. The van der Waals surface area contributed by atoms with E-state index in [1.54, 1.807) is 0 Å². The molecule has 0 unspecified atom stereocenters. The first kappa shape index (κ1) is 29.3. The molecular weight excluding hydrogens is 560 g/mol. The first-order valence-corrected chi connectivity index (χ1v) is 15.9. The van der Waals surface area contributed by atoms with E-state index in [0.29, 0.717) is 0 Å². The lowest BCUT2D eigenvalue weighted by Gasteiger charge is -2.42. The van der Waals surface area contributed by atoms with Crippen molar-refractivity contribution < 1.29 is 4.74 Å². The average molecular weight is 599 g/mol. The van der Waals surface area contributed by atoms with Gasteiger partial charge in [-0.15, -0.1) is 0 Å². The number of anilines is 4. The van der Waals surface area contributed by atoms with Crippen molar-refractivity contribution in [3.63, 3.8) is 0 Å². The monoisotopic (exact) mass is 598 g/mol. The highest BCUT2D eigenvalue weighted by molar-refractivity contribution is 5.84. The van der Waals surface area contributed by atoms with Crippen LogP contribution in [0.2, 0.25) is 0 Å². The van der Waals surface area contributed by atoms with E-state index in [9.17, 15) is 0 Å². The van der Waals surface area contributed by atoms with Gasteiger partial charge in [0.2, 0.25) is 0 Å². The molecule has 1 fully saturated rings. The zero-order valence-electron chi connectivity index (χ0n) is 26.2. The van der Waals surface area contributed by atoms with Gasteiger partial charge in [-0.2, -0.15) is 0 Å². The quantitative estimate of drug-likeness (QED) is 0.156. The number of hydrogen-bond donors (Lipinski definition) is 0. The van der Waals surface area contributed by atoms with E-state index in [2.05, 4.69) is 193 Å². The zero-order valence-corrected chi connectivity index (χ0v) is 26.2. The van der Waals surface area contributed by atoms with Crippen LogP contribution in [0.25, 0.3) is 16.7 Å². The van der Waals surface area contributed by atoms with Gasteiger partial charge in [-0.05, 0) is 70.8 Å². The van der Waals surface area contributed by atoms with E-state index in [1.165, 1.54) is 33.6 Å². The SMILES string of the molecule is CC1(CN(c2ccccc2)c2ccc(-c3ccc(N(C=C(c4ccccc4)c4ccccc4)c4ccccc4)cc3)cc2)COC1. The largest absolute Gasteiger partial charge is 0.380 e. The minimum Gasteiger partial charge on any atom is -0.380 e. The van der Waals surface area contributed by atoms with Crippen LogP contribution in [-0.2, 0) is 4.74 Å². The van der Waals surface area contributed by atoms with Crippen LogP contribution in [0.5, 0.6) is 0 Å². The summed E-state index contributed by atoms with van der Waals surface area (Å²) >= 11 is 0. The number of hydrogen-bond acceptors (Lipinski definition) is 3. The fourth-order valence-corrected chi connectivity index (χ4v) is 6.08. The summed E-state index contributed by atoms with van der Waals surface area (Å²) in [6.07, 6.45) is 2.26. The van der Waals surface area contributed by atoms with Gasteiger partial charge >= 0.3 is 0 Å². The van der Waals surface area contributed by atoms with Crippen LogP contribution in [0.3, 0.4) is 0 Å². The molecule has 6 aromatic rings. The van der Waals surface area contributed by atoms with Crippen molar-refractivity contribution in [2.45, 2.75) is 6.92 Å². The maximum Gasteiger partial charge on any atom is 0.0559 e. The van der Waals surface area contributed by atoms with Gasteiger partial charge in [0.05, 0.1) is 13.2 Å². The second-order valence-corrected chi connectivity index (χ2v) is 12.3. The van der Waals surface area contributed by atoms with Crippen LogP contribution in [0.1, 0.15) is 18.1 Å². The molecule has 0 spiro atoms. The fourth-order valence-electron chi connectivity index (χ4n) is 6.08. The van der Waals surface area contributed by atoms with Crippen LogP contribution < -0.4 is 9.80 Å². The smallest absolute Gasteiger partial charge is 0.0559 e. The van der Waals surface area contributed by atoms with Gasteiger partial charge < -0.3 is 14.5 Å². The topological polar surface area (TPSA) is 15.7 Å². The van der Waals surface area contributed by atoms with Gasteiger partial charge in [0.15, 0.2) is 0 Å². The minimum atomic E-state index is 0.157. The Morgan fingerprint density at radius 1 is 0.522 bits per heavy atom. The summed E-state index contributed by atoms with van der Waals surface area (Å²) < 4.78 is 5.57. The molecule has 226 valence electrons. The maximum atomic E-state index is 5.57. The third-order valence-corrected chi connectivity index (χ3v) is 8.63. The Bertz CT molecular complexity index is 1820. The molecular formula is C43H38N2O. The summed E-state index contributed by atoms with van der Waals surface area (Å²) in [7, 11) is 0. The Labute approximate surface area is 272 Å². The van der Waals surface area contributed by atoms with Gasteiger partial charge in [0.25, 0.3) is 0 Å². The molecule has 7 rings (SSSR count). The Hall–Kier alpha value is -5.38. The highest BCUT2D eigenvalue weighted by Crippen LogP contribution is 2.36. The highest BCUT2D eigenvalue weighted by Gasteiger charge is 2.35. The number of ether oxygens (including phenoxy) is 1. The number of rotatable bonds is 10. The van der Waals surface area contributed by atoms with Crippen molar-refractivity contribution in [3.05, 3.63) is 187 Å². The second-order valence-electron chi connectivity index (χ2n) is 12.3. The third-order valence-electron chi connectivity index (χ3n) is 8.63. The Morgan fingerprint density at radius 3 is 1.37 bits per heavy atom. The van der Waals surface area contributed by atoms with Crippen molar-refractivity contribution >= 4 is 28.3 Å². The minimum absolute atomic E-state index is 0.157. The summed E-state index contributed by atoms with van der Waals surface area (Å²) in [6, 6.07) is 60.3. The van der Waals surface area contributed by atoms with Gasteiger partial charge in [-0.1, -0.05) is 128 Å². The van der Waals surface area contributed by atoms with E-state index in [1.807, 2.05) is 0 Å². The molecule has 46 heavy (non-hydrogen) atoms. The van der Waals surface area contributed by atoms with Crippen LogP contribution in [0.4, 0.5) is 22.7 Å². The molecule has 0 aromatic heterocycles. The van der Waals surface area contributed by atoms with Crippen LogP contribution in [-0.4, -0.2) is 19.8 Å². The van der Waals surface area contributed by atoms with Crippen LogP contribution >= 0.6 is 0 Å². The van der Waals surface area contributed by atoms with Crippen molar-refractivity contribution in [1.82, 2.24) is 0 Å². The molecule has 0 amide bonds. The number of benzene rings is 6. The van der Waals surface area contributed by atoms with Crippen molar-refractivity contribution in [2.24, 2.45) is 5.41 Å². The summed E-state index contributed by atoms with van der Waals surface area (Å²) in [5.41, 5.74) is 10.6. The Balaban J connectivity index is 1.20. The molecule has 6 aromatic carbocycles. The van der Waals surface area contributed by atoms with Gasteiger partial charge in [-0.25, -0.2) is 0 Å². The summed E-state index contributed by atoms with van der Waals surface area (Å²) in [6.45, 7) is 4.82. The lowest BCUT2D eigenvalue weighted by molar-refractivity contribution is -0.0946. The lowest BCUT2D eigenvalue weighted by atomic mass is 9.87. The molecule has 1 aliphatic heterocycles. The molecule has 1 heterocycles. The molecule has 1 saturated heterocycles. The third kappa shape index (κ3) is 6.51. The molecule has 0 N–H and O–H groups in total. The van der Waals surface area contributed by atoms with Gasteiger partial charge in [-0.3, -0.25) is 0 Å². The van der Waals surface area contributed by atoms with Crippen molar-refractivity contribution in [2.75, 3.05) is 29.6 Å². The Kier molecular flexibility index (Phi) is 8.49. The molecule has 3 nitrogen and oxygen atoms in total. The predicted molar refractivity (Wildman–Crippen MR) is 193 cm³/mol. The van der Waals surface area contributed by atoms with E-state index >= 15 is 0 Å². The standard InChI is InChI=1S/C43H38N2O/c1-43(32-46-33-43)31-45(39-20-12-5-13-21-39)41-28-24-35(25-29-41)34-22-26-40(27-23-34)44(38-18-10-4-11-19-38)30-42(36-14-6-2-7-15-36)37-16-8-3-9-17-37/h2-30H,31-33H2,1H3.